The highest BCUT2D eigenvalue weighted by atomic mass is 35.5. The van der Waals surface area contributed by atoms with E-state index in [2.05, 4.69) is 25.6 Å². The highest BCUT2D eigenvalue weighted by molar-refractivity contribution is 6.33. The first-order valence-electron chi connectivity index (χ1n) is 11.1. The number of benzene rings is 2. The summed E-state index contributed by atoms with van der Waals surface area (Å²) in [7, 11) is 0. The largest absolute Gasteiger partial charge is 0.360 e. The van der Waals surface area contributed by atoms with Gasteiger partial charge in [-0.2, -0.15) is 0 Å². The first-order chi connectivity index (χ1) is 16.1. The van der Waals surface area contributed by atoms with Gasteiger partial charge in [0, 0.05) is 46.0 Å². The van der Waals surface area contributed by atoms with Crippen LogP contribution in [0.1, 0.15) is 25.7 Å². The average molecular weight is 497 g/mol. The maximum atomic E-state index is 12.6. The summed E-state index contributed by atoms with van der Waals surface area (Å²) in [6.07, 6.45) is 6.95. The van der Waals surface area contributed by atoms with Crippen molar-refractivity contribution in [3.05, 3.63) is 65.9 Å². The van der Waals surface area contributed by atoms with Gasteiger partial charge in [-0.05, 0) is 49.9 Å². The smallest absolute Gasteiger partial charge is 0.227 e. The first-order valence-corrected chi connectivity index (χ1v) is 11.5. The van der Waals surface area contributed by atoms with Gasteiger partial charge in [0.05, 0.1) is 16.9 Å². The Morgan fingerprint density at radius 2 is 1.82 bits per heavy atom. The Morgan fingerprint density at radius 1 is 1.06 bits per heavy atom. The van der Waals surface area contributed by atoms with Crippen LogP contribution in [0.3, 0.4) is 0 Å². The van der Waals surface area contributed by atoms with Crippen molar-refractivity contribution in [2.75, 3.05) is 10.6 Å². The molecular formula is C25H26Cl2N6O. The van der Waals surface area contributed by atoms with Crippen molar-refractivity contribution < 1.29 is 4.79 Å². The molecule has 1 saturated carbocycles. The SMILES string of the molecule is Cl.N[C@H]1CC[C@H](C(=O)Nc2cccc(Nc3ncc(Cl)c(-c4c[nH]c5ccccc45)n3)c2)CC1. The van der Waals surface area contributed by atoms with Crippen LogP contribution in [-0.4, -0.2) is 26.9 Å². The first kappa shape index (κ1) is 24.0. The van der Waals surface area contributed by atoms with Crippen LogP contribution in [-0.2, 0) is 4.79 Å². The standard InChI is InChI=1S/C25H25ClN6O.ClH/c26-21-14-29-25(32-23(21)20-13-28-22-7-2-1-6-19(20)22)31-18-5-3-4-17(12-18)30-24(33)15-8-10-16(27)11-9-15;/h1-7,12-16,28H,8-11,27H2,(H,30,33)(H,29,31,32);1H/t15-,16-;. The number of rotatable bonds is 5. The Labute approximate surface area is 208 Å². The summed E-state index contributed by atoms with van der Waals surface area (Å²) in [5.74, 6) is 0.479. The van der Waals surface area contributed by atoms with Gasteiger partial charge in [-0.3, -0.25) is 4.79 Å². The average Bonchev–Trinajstić information content (AvgIpc) is 3.25. The van der Waals surface area contributed by atoms with Gasteiger partial charge in [-0.25, -0.2) is 9.97 Å². The summed E-state index contributed by atoms with van der Waals surface area (Å²) < 4.78 is 0. The number of aromatic nitrogens is 3. The fraction of sp³-hybridized carbons (Fsp3) is 0.240. The third-order valence-electron chi connectivity index (χ3n) is 6.12. The van der Waals surface area contributed by atoms with Crippen LogP contribution in [0.4, 0.5) is 17.3 Å². The number of nitrogens with zero attached hydrogens (tertiary/aromatic N) is 2. The molecule has 5 N–H and O–H groups in total. The molecule has 2 aromatic carbocycles. The summed E-state index contributed by atoms with van der Waals surface area (Å²) in [6, 6.07) is 15.7. The van der Waals surface area contributed by atoms with Crippen LogP contribution >= 0.6 is 24.0 Å². The molecular weight excluding hydrogens is 471 g/mol. The molecule has 1 fully saturated rings. The molecule has 4 aromatic rings. The number of H-pyrrole nitrogens is 1. The molecule has 0 radical (unpaired) electrons. The summed E-state index contributed by atoms with van der Waals surface area (Å²) in [6.45, 7) is 0. The van der Waals surface area contributed by atoms with E-state index < -0.39 is 0 Å². The number of hydrogen-bond donors (Lipinski definition) is 4. The lowest BCUT2D eigenvalue weighted by atomic mass is 9.86. The van der Waals surface area contributed by atoms with Crippen LogP contribution in [0.2, 0.25) is 5.02 Å². The molecule has 0 atom stereocenters. The van der Waals surface area contributed by atoms with Gasteiger partial charge < -0.3 is 21.4 Å². The van der Waals surface area contributed by atoms with Gasteiger partial charge in [0.25, 0.3) is 0 Å². The fourth-order valence-corrected chi connectivity index (χ4v) is 4.51. The minimum atomic E-state index is 0. The third kappa shape index (κ3) is 5.17. The van der Waals surface area contributed by atoms with Crippen molar-refractivity contribution in [2.24, 2.45) is 11.7 Å². The number of nitrogens with one attached hydrogen (secondary N) is 3. The Hall–Kier alpha value is -3.13. The second kappa shape index (κ2) is 10.4. The van der Waals surface area contributed by atoms with E-state index in [4.69, 9.17) is 17.3 Å². The number of hydrogen-bond acceptors (Lipinski definition) is 5. The zero-order valence-electron chi connectivity index (χ0n) is 18.4. The number of carbonyl (C=O) groups is 1. The van der Waals surface area contributed by atoms with E-state index in [9.17, 15) is 4.79 Å². The molecule has 0 spiro atoms. The number of carbonyl (C=O) groups excluding carboxylic acids is 1. The number of nitrogens with two attached hydrogens (primary N) is 1. The lowest BCUT2D eigenvalue weighted by Crippen LogP contribution is -2.32. The highest BCUT2D eigenvalue weighted by Gasteiger charge is 2.24. The predicted octanol–water partition coefficient (Wildman–Crippen LogP) is 5.90. The van der Waals surface area contributed by atoms with Gasteiger partial charge in [-0.15, -0.1) is 12.4 Å². The maximum Gasteiger partial charge on any atom is 0.227 e. The Balaban J connectivity index is 0.00000274. The molecule has 7 nitrogen and oxygen atoms in total. The molecule has 0 aliphatic heterocycles. The summed E-state index contributed by atoms with van der Waals surface area (Å²) in [5.41, 5.74) is 10.0. The Bertz CT molecular complexity index is 1300. The van der Waals surface area contributed by atoms with Crippen molar-refractivity contribution in [3.8, 4) is 11.3 Å². The minimum absolute atomic E-state index is 0. The molecule has 1 amide bonds. The normalized spacial score (nSPS) is 17.7. The lowest BCUT2D eigenvalue weighted by molar-refractivity contribution is -0.120. The predicted molar refractivity (Wildman–Crippen MR) is 140 cm³/mol. The molecule has 0 unspecified atom stereocenters. The monoisotopic (exact) mass is 496 g/mol. The van der Waals surface area contributed by atoms with Gasteiger partial charge in [0.1, 0.15) is 0 Å². The molecule has 0 bridgehead atoms. The molecule has 5 rings (SSSR count). The van der Waals surface area contributed by atoms with Crippen LogP contribution in [0.15, 0.2) is 60.9 Å². The minimum Gasteiger partial charge on any atom is -0.360 e. The number of amides is 1. The van der Waals surface area contributed by atoms with Crippen LogP contribution in [0, 0.1) is 5.92 Å². The zero-order valence-corrected chi connectivity index (χ0v) is 20.0. The summed E-state index contributed by atoms with van der Waals surface area (Å²) >= 11 is 6.43. The number of aromatic amines is 1. The van der Waals surface area contributed by atoms with E-state index in [1.54, 1.807) is 6.20 Å². The van der Waals surface area contributed by atoms with Gasteiger partial charge in [0.2, 0.25) is 11.9 Å². The van der Waals surface area contributed by atoms with E-state index >= 15 is 0 Å². The summed E-state index contributed by atoms with van der Waals surface area (Å²) in [5, 5.41) is 7.76. The lowest BCUT2D eigenvalue weighted by Gasteiger charge is -2.25. The zero-order chi connectivity index (χ0) is 22.8. The van der Waals surface area contributed by atoms with E-state index in [-0.39, 0.29) is 30.3 Å². The van der Waals surface area contributed by atoms with Crippen molar-refractivity contribution in [3.63, 3.8) is 0 Å². The van der Waals surface area contributed by atoms with Gasteiger partial charge in [0.15, 0.2) is 0 Å². The van der Waals surface area contributed by atoms with Crippen LogP contribution in [0.25, 0.3) is 22.2 Å². The van der Waals surface area contributed by atoms with E-state index in [1.165, 1.54) is 0 Å². The fourth-order valence-electron chi connectivity index (χ4n) is 4.31. The quantitative estimate of drug-likeness (QED) is 0.275. The third-order valence-corrected chi connectivity index (χ3v) is 6.39. The highest BCUT2D eigenvalue weighted by Crippen LogP contribution is 2.33. The van der Waals surface area contributed by atoms with Crippen molar-refractivity contribution in [2.45, 2.75) is 31.7 Å². The molecule has 9 heteroatoms. The second-order valence-corrected chi connectivity index (χ2v) is 8.85. The number of halogens is 2. The molecule has 2 heterocycles. The van der Waals surface area contributed by atoms with Crippen molar-refractivity contribution in [1.29, 1.82) is 0 Å². The van der Waals surface area contributed by atoms with E-state index in [1.807, 2.05) is 54.7 Å². The van der Waals surface area contributed by atoms with Crippen molar-refractivity contribution in [1.82, 2.24) is 15.0 Å². The van der Waals surface area contributed by atoms with E-state index in [0.717, 1.165) is 53.5 Å². The molecule has 1 aliphatic carbocycles. The van der Waals surface area contributed by atoms with Crippen molar-refractivity contribution >= 4 is 58.1 Å². The molecule has 2 aromatic heterocycles. The number of fused-ring (bicyclic) bond motifs is 1. The number of anilines is 3. The van der Waals surface area contributed by atoms with Crippen LogP contribution < -0.4 is 16.4 Å². The Morgan fingerprint density at radius 3 is 2.65 bits per heavy atom. The van der Waals surface area contributed by atoms with E-state index in [0.29, 0.717) is 16.7 Å². The Kier molecular flexibility index (Phi) is 7.36. The summed E-state index contributed by atoms with van der Waals surface area (Å²) in [4.78, 5) is 24.9. The van der Waals surface area contributed by atoms with Gasteiger partial charge in [-0.1, -0.05) is 35.9 Å². The topological polar surface area (TPSA) is 109 Å². The molecule has 0 saturated heterocycles. The molecule has 176 valence electrons. The molecule has 1 aliphatic rings. The van der Waals surface area contributed by atoms with Gasteiger partial charge >= 0.3 is 0 Å². The second-order valence-electron chi connectivity index (χ2n) is 8.44. The number of para-hydroxylation sites is 1. The van der Waals surface area contributed by atoms with Crippen LogP contribution in [0.5, 0.6) is 0 Å². The maximum absolute atomic E-state index is 12.6. The molecule has 34 heavy (non-hydrogen) atoms.